The van der Waals surface area contributed by atoms with E-state index in [1.54, 1.807) is 12.1 Å². The molecule has 0 saturated heterocycles. The summed E-state index contributed by atoms with van der Waals surface area (Å²) in [5, 5.41) is 13.1. The van der Waals surface area contributed by atoms with Crippen molar-refractivity contribution in [2.45, 2.75) is 13.8 Å². The number of nitrogens with one attached hydrogen (secondary N) is 1. The van der Waals surface area contributed by atoms with E-state index in [0.717, 1.165) is 11.4 Å². The molecule has 20 heavy (non-hydrogen) atoms. The maximum atomic E-state index is 9.30. The fourth-order valence-electron chi connectivity index (χ4n) is 1.82. The van der Waals surface area contributed by atoms with E-state index < -0.39 is 0 Å². The Hall–Kier alpha value is -2.07. The zero-order valence-electron chi connectivity index (χ0n) is 11.8. The summed E-state index contributed by atoms with van der Waals surface area (Å²) in [5.41, 5.74) is 4.38. The van der Waals surface area contributed by atoms with Crippen molar-refractivity contribution in [3.8, 4) is 5.75 Å². The fourth-order valence-corrected chi connectivity index (χ4v) is 2.04. The highest BCUT2D eigenvalue weighted by atomic mass is 32.1. The molecular formula is C16H18N2OS. The summed E-state index contributed by atoms with van der Waals surface area (Å²) >= 11 is 5.40. The zero-order valence-corrected chi connectivity index (χ0v) is 12.7. The quantitative estimate of drug-likeness (QED) is 0.822. The Bertz CT molecular complexity index is 623. The fraction of sp³-hybridized carbons (Fsp3) is 0.188. The summed E-state index contributed by atoms with van der Waals surface area (Å²) in [5.74, 6) is 0.246. The monoisotopic (exact) mass is 286 g/mol. The van der Waals surface area contributed by atoms with E-state index in [4.69, 9.17) is 12.2 Å². The first-order valence-corrected chi connectivity index (χ1v) is 6.79. The molecule has 0 spiro atoms. The third kappa shape index (κ3) is 3.27. The lowest BCUT2D eigenvalue weighted by Crippen LogP contribution is -2.30. The predicted molar refractivity (Wildman–Crippen MR) is 88.6 cm³/mol. The van der Waals surface area contributed by atoms with E-state index in [9.17, 15) is 5.11 Å². The van der Waals surface area contributed by atoms with Crippen LogP contribution in [0.15, 0.2) is 42.5 Å². The second kappa shape index (κ2) is 5.92. The average molecular weight is 286 g/mol. The summed E-state index contributed by atoms with van der Waals surface area (Å²) in [7, 11) is 1.89. The smallest absolute Gasteiger partial charge is 0.177 e. The standard InChI is InChI=1S/C16H18N2OS/c1-11-4-5-13(10-12(11)2)17-16(20)18(3)14-6-8-15(19)9-7-14/h4-10,19H,1-3H3,(H,17,20). The molecule has 0 radical (unpaired) electrons. The number of hydrogen-bond acceptors (Lipinski definition) is 2. The highest BCUT2D eigenvalue weighted by Crippen LogP contribution is 2.19. The van der Waals surface area contributed by atoms with Crippen LogP contribution in [0.1, 0.15) is 11.1 Å². The molecule has 0 aliphatic carbocycles. The summed E-state index contributed by atoms with van der Waals surface area (Å²) in [6.07, 6.45) is 0. The first-order valence-electron chi connectivity index (χ1n) is 6.38. The van der Waals surface area contributed by atoms with Gasteiger partial charge in [0.1, 0.15) is 5.75 Å². The minimum atomic E-state index is 0.246. The highest BCUT2D eigenvalue weighted by Gasteiger charge is 2.07. The minimum absolute atomic E-state index is 0.246. The lowest BCUT2D eigenvalue weighted by atomic mass is 10.1. The van der Waals surface area contributed by atoms with Gasteiger partial charge in [0.05, 0.1) is 0 Å². The molecule has 3 nitrogen and oxygen atoms in total. The molecule has 0 saturated carbocycles. The minimum Gasteiger partial charge on any atom is -0.508 e. The van der Waals surface area contributed by atoms with Gasteiger partial charge in [-0.1, -0.05) is 6.07 Å². The molecule has 2 N–H and O–H groups in total. The Kier molecular flexibility index (Phi) is 4.25. The van der Waals surface area contributed by atoms with Crippen LogP contribution in [0.2, 0.25) is 0 Å². The molecule has 0 unspecified atom stereocenters. The number of phenols is 1. The van der Waals surface area contributed by atoms with Crippen LogP contribution in [0, 0.1) is 13.8 Å². The number of hydrogen-bond donors (Lipinski definition) is 2. The van der Waals surface area contributed by atoms with Crippen LogP contribution in [-0.4, -0.2) is 17.3 Å². The van der Waals surface area contributed by atoms with Gasteiger partial charge in [0.2, 0.25) is 0 Å². The first-order chi connectivity index (χ1) is 9.47. The maximum absolute atomic E-state index is 9.30. The number of phenolic OH excluding ortho intramolecular Hbond substituents is 1. The summed E-state index contributed by atoms with van der Waals surface area (Å²) in [4.78, 5) is 1.87. The number of nitrogens with zero attached hydrogens (tertiary/aromatic N) is 1. The molecule has 0 heterocycles. The van der Waals surface area contributed by atoms with Crippen molar-refractivity contribution in [2.75, 3.05) is 17.3 Å². The molecule has 4 heteroatoms. The van der Waals surface area contributed by atoms with Gasteiger partial charge >= 0.3 is 0 Å². The topological polar surface area (TPSA) is 35.5 Å². The van der Waals surface area contributed by atoms with E-state index in [0.29, 0.717) is 5.11 Å². The van der Waals surface area contributed by atoms with Crippen LogP contribution in [0.25, 0.3) is 0 Å². The third-order valence-corrected chi connectivity index (χ3v) is 3.68. The molecule has 0 atom stereocenters. The van der Waals surface area contributed by atoms with Gasteiger partial charge in [0.15, 0.2) is 5.11 Å². The number of aromatic hydroxyl groups is 1. The highest BCUT2D eigenvalue weighted by molar-refractivity contribution is 7.80. The SMILES string of the molecule is Cc1ccc(NC(=S)N(C)c2ccc(O)cc2)cc1C. The molecule has 0 aromatic heterocycles. The van der Waals surface area contributed by atoms with E-state index in [1.165, 1.54) is 11.1 Å². The normalized spacial score (nSPS) is 10.2. The van der Waals surface area contributed by atoms with Crippen LogP contribution in [0.3, 0.4) is 0 Å². The van der Waals surface area contributed by atoms with Gasteiger partial charge in [-0.2, -0.15) is 0 Å². The van der Waals surface area contributed by atoms with Crippen LogP contribution < -0.4 is 10.2 Å². The maximum Gasteiger partial charge on any atom is 0.177 e. The van der Waals surface area contributed by atoms with Crippen molar-refractivity contribution in [1.82, 2.24) is 0 Å². The summed E-state index contributed by atoms with van der Waals surface area (Å²) in [6.45, 7) is 4.16. The third-order valence-electron chi connectivity index (χ3n) is 3.30. The number of anilines is 2. The lowest BCUT2D eigenvalue weighted by molar-refractivity contribution is 0.475. The van der Waals surface area contributed by atoms with E-state index in [1.807, 2.05) is 30.1 Å². The molecule has 0 aliphatic rings. The van der Waals surface area contributed by atoms with Crippen molar-refractivity contribution in [3.63, 3.8) is 0 Å². The molecule has 2 rings (SSSR count). The van der Waals surface area contributed by atoms with Crippen molar-refractivity contribution in [2.24, 2.45) is 0 Å². The molecule has 0 bridgehead atoms. The Labute approximate surface area is 124 Å². The molecule has 0 amide bonds. The molecule has 2 aromatic rings. The second-order valence-corrected chi connectivity index (χ2v) is 5.19. The lowest BCUT2D eigenvalue weighted by Gasteiger charge is -2.21. The molecule has 0 aliphatic heterocycles. The van der Waals surface area contributed by atoms with Gasteiger partial charge in [0.25, 0.3) is 0 Å². The first kappa shape index (κ1) is 14.3. The van der Waals surface area contributed by atoms with Gasteiger partial charge in [0, 0.05) is 18.4 Å². The van der Waals surface area contributed by atoms with Gasteiger partial charge in [-0.25, -0.2) is 0 Å². The number of aryl methyl sites for hydroxylation is 2. The molecule has 0 fully saturated rings. The Morgan fingerprint density at radius 1 is 1.05 bits per heavy atom. The molecular weight excluding hydrogens is 268 g/mol. The van der Waals surface area contributed by atoms with E-state index >= 15 is 0 Å². The van der Waals surface area contributed by atoms with Crippen LogP contribution >= 0.6 is 12.2 Å². The summed E-state index contributed by atoms with van der Waals surface area (Å²) in [6, 6.07) is 13.1. The molecule has 2 aromatic carbocycles. The Balaban J connectivity index is 2.11. The predicted octanol–water partition coefficient (Wildman–Crippen LogP) is 3.84. The largest absolute Gasteiger partial charge is 0.508 e. The van der Waals surface area contributed by atoms with Crippen molar-refractivity contribution in [3.05, 3.63) is 53.6 Å². The van der Waals surface area contributed by atoms with E-state index in [-0.39, 0.29) is 5.75 Å². The Morgan fingerprint density at radius 2 is 1.70 bits per heavy atom. The molecule has 104 valence electrons. The van der Waals surface area contributed by atoms with Crippen molar-refractivity contribution >= 4 is 28.7 Å². The Morgan fingerprint density at radius 3 is 2.30 bits per heavy atom. The number of benzene rings is 2. The van der Waals surface area contributed by atoms with Gasteiger partial charge in [-0.3, -0.25) is 0 Å². The van der Waals surface area contributed by atoms with Crippen molar-refractivity contribution in [1.29, 1.82) is 0 Å². The van der Waals surface area contributed by atoms with Crippen molar-refractivity contribution < 1.29 is 5.11 Å². The summed E-state index contributed by atoms with van der Waals surface area (Å²) < 4.78 is 0. The van der Waals surface area contributed by atoms with Crippen LogP contribution in [0.4, 0.5) is 11.4 Å². The van der Waals surface area contributed by atoms with Crippen LogP contribution in [-0.2, 0) is 0 Å². The second-order valence-electron chi connectivity index (χ2n) is 4.80. The van der Waals surface area contributed by atoms with Gasteiger partial charge < -0.3 is 15.3 Å². The van der Waals surface area contributed by atoms with E-state index in [2.05, 4.69) is 31.3 Å². The van der Waals surface area contributed by atoms with Crippen LogP contribution in [0.5, 0.6) is 5.75 Å². The zero-order chi connectivity index (χ0) is 14.7. The number of thiocarbonyl (C=S) groups is 1. The number of rotatable bonds is 2. The van der Waals surface area contributed by atoms with Gasteiger partial charge in [-0.15, -0.1) is 0 Å². The van der Waals surface area contributed by atoms with Gasteiger partial charge in [-0.05, 0) is 73.6 Å². The average Bonchev–Trinajstić information content (AvgIpc) is 2.43.